The zero-order valence-corrected chi connectivity index (χ0v) is 13.5. The van der Waals surface area contributed by atoms with E-state index in [9.17, 15) is 8.77 Å². The normalized spacial score (nSPS) is 31.4. The number of amidine groups is 1. The number of thioether (sulfide) groups is 1. The molecule has 2 rings (SSSR count). The minimum Gasteiger partial charge on any atom is -0.265 e. The highest BCUT2D eigenvalue weighted by Crippen LogP contribution is 2.61. The molecule has 2 atom stereocenters. The van der Waals surface area contributed by atoms with E-state index < -0.39 is 17.1 Å². The van der Waals surface area contributed by atoms with Crippen molar-refractivity contribution in [2.75, 3.05) is 13.1 Å². The van der Waals surface area contributed by atoms with E-state index in [-0.39, 0.29) is 4.32 Å². The smallest absolute Gasteiger partial charge is 0.265 e. The van der Waals surface area contributed by atoms with Gasteiger partial charge in [0.25, 0.3) is 0 Å². The Morgan fingerprint density at radius 1 is 1.50 bits per heavy atom. The predicted molar refractivity (Wildman–Crippen MR) is 81.2 cm³/mol. The van der Waals surface area contributed by atoms with Crippen molar-refractivity contribution in [1.29, 1.82) is 0 Å². The van der Waals surface area contributed by atoms with Gasteiger partial charge in [-0.1, -0.05) is 13.8 Å². The van der Waals surface area contributed by atoms with Crippen LogP contribution in [0, 0.1) is 0 Å². The molecule has 0 aliphatic carbocycles. The lowest BCUT2D eigenvalue weighted by Crippen LogP contribution is -2.36. The Hall–Kier alpha value is -0.0800. The van der Waals surface area contributed by atoms with Gasteiger partial charge in [-0.2, -0.15) is 9.88 Å². The third-order valence-corrected chi connectivity index (χ3v) is 10.2. The lowest BCUT2D eigenvalue weighted by atomic mass is 10.7. The van der Waals surface area contributed by atoms with Crippen LogP contribution >= 0.6 is 30.6 Å². The van der Waals surface area contributed by atoms with E-state index in [0.29, 0.717) is 18.3 Å². The Morgan fingerprint density at radius 3 is 2.67 bits per heavy atom. The monoisotopic (exact) mass is 324 g/mol. The van der Waals surface area contributed by atoms with Crippen LogP contribution in [0.3, 0.4) is 0 Å². The fourth-order valence-corrected chi connectivity index (χ4v) is 9.09. The summed E-state index contributed by atoms with van der Waals surface area (Å²) in [4.78, 5) is 4.05. The lowest BCUT2D eigenvalue weighted by molar-refractivity contribution is 0.419. The van der Waals surface area contributed by atoms with Crippen molar-refractivity contribution in [1.82, 2.24) is 9.45 Å². The van der Waals surface area contributed by atoms with Crippen LogP contribution in [-0.2, 0) is 15.0 Å². The number of rotatable bonds is 3. The molecule has 0 bridgehead atoms. The van der Waals surface area contributed by atoms with Crippen LogP contribution in [0.1, 0.15) is 20.8 Å². The molecule has 0 amide bonds. The van der Waals surface area contributed by atoms with E-state index in [1.807, 2.05) is 13.8 Å². The van der Waals surface area contributed by atoms with Crippen molar-refractivity contribution >= 4 is 55.6 Å². The second kappa shape index (κ2) is 5.13. The highest BCUT2D eigenvalue weighted by Gasteiger charge is 2.51. The second-order valence-corrected chi connectivity index (χ2v) is 10.6. The molecule has 0 N–H and O–H groups in total. The minimum absolute atomic E-state index is 0.00566. The maximum absolute atomic E-state index is 13.2. The number of hydrazone groups is 1. The van der Waals surface area contributed by atoms with Crippen LogP contribution in [-0.4, -0.2) is 41.3 Å². The number of thiocarbonyl (C=S) groups is 1. The first-order chi connectivity index (χ1) is 8.44. The summed E-state index contributed by atoms with van der Waals surface area (Å²) in [5.74, 6) is 0. The van der Waals surface area contributed by atoms with E-state index in [0.717, 1.165) is 5.04 Å². The minimum atomic E-state index is -3.35. The molecular formula is C8H13N4O2PS3. The largest absolute Gasteiger partial charge is 0.352 e. The molecule has 0 spiro atoms. The predicted octanol–water partition coefficient (Wildman–Crippen LogP) is 2.22. The van der Waals surface area contributed by atoms with Gasteiger partial charge < -0.3 is 0 Å². The first kappa shape index (κ1) is 14.3. The maximum atomic E-state index is 13.2. The van der Waals surface area contributed by atoms with Gasteiger partial charge in [-0.15, -0.1) is 0 Å². The molecule has 0 aromatic heterocycles. The summed E-state index contributed by atoms with van der Waals surface area (Å²) in [5, 5.41) is 5.38. The van der Waals surface area contributed by atoms with E-state index in [1.54, 1.807) is 11.6 Å². The fourth-order valence-electron chi connectivity index (χ4n) is 1.70. The standard InChI is InChI=1S/C8H13N4O2PS3/c1-4-11(5-2)15(13)12-7(17-6(3)10-12)9-8(16)18(15)14/h4-5H2,1-3H3. The number of nitrogens with zero attached hydrogens (tertiary/aromatic N) is 4. The summed E-state index contributed by atoms with van der Waals surface area (Å²) in [6.45, 7) is 3.22. The first-order valence-corrected chi connectivity index (χ1v) is 9.98. The van der Waals surface area contributed by atoms with Crippen LogP contribution in [0.4, 0.5) is 0 Å². The SMILES string of the molecule is CCN(CC)P1(=O)N2N=C(C)SC2=NC(=S)S1=O. The van der Waals surface area contributed by atoms with E-state index in [4.69, 9.17) is 12.2 Å². The molecule has 2 heterocycles. The number of hydrogen-bond donors (Lipinski definition) is 0. The van der Waals surface area contributed by atoms with Crippen molar-refractivity contribution in [2.45, 2.75) is 20.8 Å². The summed E-state index contributed by atoms with van der Waals surface area (Å²) in [5.41, 5.74) is 0. The third kappa shape index (κ3) is 2.02. The van der Waals surface area contributed by atoms with E-state index in [1.165, 1.54) is 16.5 Å². The Labute approximate surface area is 118 Å². The van der Waals surface area contributed by atoms with Crippen molar-refractivity contribution in [3.05, 3.63) is 0 Å². The second-order valence-electron chi connectivity index (χ2n) is 3.55. The molecule has 0 aromatic rings. The van der Waals surface area contributed by atoms with Gasteiger partial charge in [-0.05, 0) is 30.9 Å². The summed E-state index contributed by atoms with van der Waals surface area (Å²) in [6, 6.07) is 0. The van der Waals surface area contributed by atoms with Crippen molar-refractivity contribution < 1.29 is 8.77 Å². The van der Waals surface area contributed by atoms with E-state index >= 15 is 0 Å². The summed E-state index contributed by atoms with van der Waals surface area (Å²) >= 11 is 6.28. The molecule has 10 heteroatoms. The van der Waals surface area contributed by atoms with Crippen molar-refractivity contribution in [3.63, 3.8) is 0 Å². The molecular weight excluding hydrogens is 311 g/mol. The van der Waals surface area contributed by atoms with E-state index in [2.05, 4.69) is 10.1 Å². The van der Waals surface area contributed by atoms with Crippen molar-refractivity contribution in [3.8, 4) is 0 Å². The van der Waals surface area contributed by atoms with Crippen LogP contribution in [0.5, 0.6) is 0 Å². The summed E-state index contributed by atoms with van der Waals surface area (Å²) in [6.07, 6.45) is 0. The maximum Gasteiger partial charge on any atom is 0.352 e. The van der Waals surface area contributed by atoms with Gasteiger partial charge in [-0.25, -0.2) is 13.9 Å². The quantitative estimate of drug-likeness (QED) is 0.586. The van der Waals surface area contributed by atoms with Crippen LogP contribution < -0.4 is 0 Å². The average molecular weight is 324 g/mol. The lowest BCUT2D eigenvalue weighted by Gasteiger charge is -2.34. The molecule has 2 aliphatic rings. The van der Waals surface area contributed by atoms with Gasteiger partial charge in [0.05, 0.1) is 5.04 Å². The van der Waals surface area contributed by atoms with Gasteiger partial charge in [0, 0.05) is 13.1 Å². The van der Waals surface area contributed by atoms with Crippen LogP contribution in [0.15, 0.2) is 10.1 Å². The van der Waals surface area contributed by atoms with Gasteiger partial charge in [-0.3, -0.25) is 4.57 Å². The molecule has 0 fully saturated rings. The van der Waals surface area contributed by atoms with Gasteiger partial charge in [0.15, 0.2) is 10.4 Å². The molecule has 18 heavy (non-hydrogen) atoms. The van der Waals surface area contributed by atoms with Gasteiger partial charge in [0.2, 0.25) is 9.49 Å². The molecule has 0 radical (unpaired) electrons. The molecule has 0 aromatic carbocycles. The Morgan fingerprint density at radius 2 is 2.11 bits per heavy atom. The molecule has 2 unspecified atom stereocenters. The Bertz CT molecular complexity index is 528. The highest BCUT2D eigenvalue weighted by atomic mass is 32.8. The summed E-state index contributed by atoms with van der Waals surface area (Å²) in [7, 11) is -1.81. The molecule has 0 saturated heterocycles. The number of fused-ring (bicyclic) bond motifs is 1. The van der Waals surface area contributed by atoms with Crippen LogP contribution in [0.2, 0.25) is 0 Å². The number of hydrogen-bond acceptors (Lipinski definition) is 5. The molecule has 2 aliphatic heterocycles. The fraction of sp³-hybridized carbons (Fsp3) is 0.625. The van der Waals surface area contributed by atoms with Crippen molar-refractivity contribution in [2.24, 2.45) is 10.1 Å². The zero-order valence-electron chi connectivity index (χ0n) is 10.2. The molecule has 6 nitrogen and oxygen atoms in total. The van der Waals surface area contributed by atoms with Gasteiger partial charge >= 0.3 is 6.65 Å². The zero-order chi connectivity index (χ0) is 13.5. The Balaban J connectivity index is 2.57. The Kier molecular flexibility index (Phi) is 4.08. The summed E-state index contributed by atoms with van der Waals surface area (Å²) < 4.78 is 28.4. The number of aliphatic imine (C=N–C) groups is 1. The van der Waals surface area contributed by atoms with Crippen LogP contribution in [0.25, 0.3) is 0 Å². The molecule has 0 saturated carbocycles. The highest BCUT2D eigenvalue weighted by molar-refractivity contribution is 8.57. The topological polar surface area (TPSA) is 65.3 Å². The van der Waals surface area contributed by atoms with Gasteiger partial charge in [0.1, 0.15) is 0 Å². The molecule has 100 valence electrons. The third-order valence-electron chi connectivity index (χ3n) is 2.52. The first-order valence-electron chi connectivity index (χ1n) is 5.39. The average Bonchev–Trinajstić information content (AvgIpc) is 2.69.